The van der Waals surface area contributed by atoms with E-state index in [-0.39, 0.29) is 46.6 Å². The first-order valence-electron chi connectivity index (χ1n) is 12.8. The number of rotatable bonds is 6. The van der Waals surface area contributed by atoms with Gasteiger partial charge in [0.1, 0.15) is 17.5 Å². The molecule has 3 N–H and O–H groups in total. The number of aliphatic hydroxyl groups is 1. The Hall–Kier alpha value is -1.86. The Morgan fingerprint density at radius 3 is 2.47 bits per heavy atom. The summed E-state index contributed by atoms with van der Waals surface area (Å²) in [6.45, 7) is 8.29. The van der Waals surface area contributed by atoms with Gasteiger partial charge < -0.3 is 24.7 Å². The second-order valence-electron chi connectivity index (χ2n) is 11.5. The van der Waals surface area contributed by atoms with Crippen molar-refractivity contribution in [2.45, 2.75) is 84.3 Å². The minimum atomic E-state index is -0.982. The van der Waals surface area contributed by atoms with Gasteiger partial charge in [0, 0.05) is 25.2 Å². The van der Waals surface area contributed by atoms with Crippen LogP contribution in [0, 0.1) is 34.5 Å². The second kappa shape index (κ2) is 9.30. The van der Waals surface area contributed by atoms with Crippen LogP contribution < -0.4 is 5.73 Å². The van der Waals surface area contributed by atoms with Crippen LogP contribution >= 0.6 is 0 Å². The van der Waals surface area contributed by atoms with Gasteiger partial charge in [0.2, 0.25) is 0 Å². The number of furan rings is 1. The molecule has 3 aliphatic rings. The Morgan fingerprint density at radius 2 is 1.85 bits per heavy atom. The highest BCUT2D eigenvalue weighted by Gasteiger charge is 2.64. The summed E-state index contributed by atoms with van der Waals surface area (Å²) in [5.41, 5.74) is 5.10. The number of carbonyl (C=O) groups excluding carboxylic acids is 2. The molecule has 0 bridgehead atoms. The molecule has 1 aromatic rings. The third-order valence-electron chi connectivity index (χ3n) is 9.94. The summed E-state index contributed by atoms with van der Waals surface area (Å²) < 4.78 is 16.8. The fraction of sp³-hybridized carbons (Fsp3) is 0.778. The van der Waals surface area contributed by atoms with Gasteiger partial charge in [0.05, 0.1) is 12.9 Å². The molecule has 1 aromatic heterocycles. The van der Waals surface area contributed by atoms with Gasteiger partial charge in [-0.15, -0.1) is 0 Å². The number of hydrogen-bond donors (Lipinski definition) is 2. The molecule has 3 aliphatic carbocycles. The van der Waals surface area contributed by atoms with Crippen LogP contribution in [-0.4, -0.2) is 36.3 Å². The predicted molar refractivity (Wildman–Crippen MR) is 126 cm³/mol. The largest absolute Gasteiger partial charge is 0.466 e. The van der Waals surface area contributed by atoms with E-state index in [0.717, 1.165) is 32.1 Å². The van der Waals surface area contributed by atoms with Crippen LogP contribution in [0.15, 0.2) is 22.8 Å². The van der Waals surface area contributed by atoms with E-state index >= 15 is 0 Å². The summed E-state index contributed by atoms with van der Waals surface area (Å²) in [4.78, 5) is 23.3. The summed E-state index contributed by atoms with van der Waals surface area (Å²) in [6, 6.07) is 3.74. The highest BCUT2D eigenvalue weighted by atomic mass is 16.5. The molecule has 8 atom stereocenters. The summed E-state index contributed by atoms with van der Waals surface area (Å²) >= 11 is 0. The van der Waals surface area contributed by atoms with Gasteiger partial charge >= 0.3 is 11.9 Å². The van der Waals surface area contributed by atoms with Crippen molar-refractivity contribution < 1.29 is 28.6 Å². The molecule has 34 heavy (non-hydrogen) atoms. The van der Waals surface area contributed by atoms with E-state index in [2.05, 4.69) is 13.8 Å². The zero-order valence-electron chi connectivity index (χ0n) is 21.0. The zero-order valence-corrected chi connectivity index (χ0v) is 21.0. The molecule has 0 aromatic carbocycles. The SMILES string of the molecule is CC(=O)OCC1CC(OC(C)=O)CCC1(C)C1CCC2(C)C(CCC2(O)c2ccco2)C1CN. The molecule has 0 aliphatic heterocycles. The van der Waals surface area contributed by atoms with Gasteiger partial charge in [-0.1, -0.05) is 13.8 Å². The average Bonchev–Trinajstić information content (AvgIpc) is 3.41. The van der Waals surface area contributed by atoms with Crippen LogP contribution in [0.25, 0.3) is 0 Å². The van der Waals surface area contributed by atoms with Crippen LogP contribution in [0.2, 0.25) is 0 Å². The van der Waals surface area contributed by atoms with Crippen LogP contribution in [0.5, 0.6) is 0 Å². The molecule has 8 unspecified atom stereocenters. The van der Waals surface area contributed by atoms with Gasteiger partial charge in [0.25, 0.3) is 0 Å². The molecule has 3 saturated carbocycles. The first-order chi connectivity index (χ1) is 16.0. The minimum Gasteiger partial charge on any atom is -0.466 e. The Labute approximate surface area is 202 Å². The number of nitrogens with two attached hydrogens (primary N) is 1. The van der Waals surface area contributed by atoms with Crippen molar-refractivity contribution in [2.24, 2.45) is 40.2 Å². The van der Waals surface area contributed by atoms with Crippen molar-refractivity contribution in [3.05, 3.63) is 24.2 Å². The highest BCUT2D eigenvalue weighted by Crippen LogP contribution is 2.67. The normalized spacial score (nSPS) is 42.1. The highest BCUT2D eigenvalue weighted by molar-refractivity contribution is 5.66. The third-order valence-corrected chi connectivity index (χ3v) is 9.94. The molecule has 4 rings (SSSR count). The van der Waals surface area contributed by atoms with Crippen LogP contribution in [0.1, 0.15) is 78.4 Å². The van der Waals surface area contributed by atoms with Crippen LogP contribution in [0.3, 0.4) is 0 Å². The van der Waals surface area contributed by atoms with Gasteiger partial charge in [-0.05, 0) is 86.8 Å². The first-order valence-corrected chi connectivity index (χ1v) is 12.8. The smallest absolute Gasteiger partial charge is 0.302 e. The van der Waals surface area contributed by atoms with Crippen molar-refractivity contribution in [1.82, 2.24) is 0 Å². The van der Waals surface area contributed by atoms with E-state index in [9.17, 15) is 14.7 Å². The molecule has 0 saturated heterocycles. The van der Waals surface area contributed by atoms with Crippen molar-refractivity contribution in [3.63, 3.8) is 0 Å². The Morgan fingerprint density at radius 1 is 1.12 bits per heavy atom. The monoisotopic (exact) mass is 475 g/mol. The van der Waals surface area contributed by atoms with Crippen molar-refractivity contribution in [3.8, 4) is 0 Å². The van der Waals surface area contributed by atoms with Crippen molar-refractivity contribution in [2.75, 3.05) is 13.2 Å². The maximum absolute atomic E-state index is 11.9. The van der Waals surface area contributed by atoms with Crippen molar-refractivity contribution >= 4 is 11.9 Å². The lowest BCUT2D eigenvalue weighted by Gasteiger charge is -2.58. The molecule has 190 valence electrons. The Kier molecular flexibility index (Phi) is 6.91. The van der Waals surface area contributed by atoms with E-state index in [0.29, 0.717) is 37.7 Å². The van der Waals surface area contributed by atoms with E-state index < -0.39 is 5.60 Å². The molecule has 3 fully saturated rings. The maximum atomic E-state index is 11.9. The lowest BCUT2D eigenvalue weighted by molar-refractivity contribution is -0.168. The molecule has 0 radical (unpaired) electrons. The lowest BCUT2D eigenvalue weighted by Crippen LogP contribution is -2.56. The summed E-state index contributed by atoms with van der Waals surface area (Å²) in [5, 5.41) is 11.9. The fourth-order valence-electron chi connectivity index (χ4n) is 8.06. The molecule has 7 nitrogen and oxygen atoms in total. The molecule has 7 heteroatoms. The quantitative estimate of drug-likeness (QED) is 0.594. The maximum Gasteiger partial charge on any atom is 0.302 e. The Balaban J connectivity index is 1.61. The third kappa shape index (κ3) is 4.09. The standard InChI is InChI=1S/C27H41NO6/c1-17(29)33-16-19-14-20(34-18(2)30)7-10-25(19,3)22-8-11-26(4)23(21(22)15-28)9-12-27(26,31)24-6-5-13-32-24/h5-6,13,19-23,31H,7-12,14-16,28H2,1-4H3. The predicted octanol–water partition coefficient (Wildman–Crippen LogP) is 4.17. The summed E-state index contributed by atoms with van der Waals surface area (Å²) in [5.74, 6) is 1.06. The number of carbonyl (C=O) groups is 2. The lowest BCUT2D eigenvalue weighted by atomic mass is 9.48. The second-order valence-corrected chi connectivity index (χ2v) is 11.5. The molecular weight excluding hydrogens is 434 g/mol. The number of fused-ring (bicyclic) bond motifs is 1. The van der Waals surface area contributed by atoms with E-state index in [1.54, 1.807) is 6.26 Å². The van der Waals surface area contributed by atoms with Crippen LogP contribution in [-0.2, 0) is 24.7 Å². The van der Waals surface area contributed by atoms with Gasteiger partial charge in [-0.3, -0.25) is 9.59 Å². The first kappa shape index (κ1) is 25.2. The van der Waals surface area contributed by atoms with E-state index in [1.165, 1.54) is 13.8 Å². The average molecular weight is 476 g/mol. The Bertz CT molecular complexity index is 886. The molecule has 0 amide bonds. The van der Waals surface area contributed by atoms with E-state index in [1.807, 2.05) is 12.1 Å². The van der Waals surface area contributed by atoms with Crippen LogP contribution in [0.4, 0.5) is 0 Å². The minimum absolute atomic E-state index is 0.0864. The van der Waals surface area contributed by atoms with Gasteiger partial charge in [0.15, 0.2) is 0 Å². The van der Waals surface area contributed by atoms with Gasteiger partial charge in [-0.2, -0.15) is 0 Å². The van der Waals surface area contributed by atoms with E-state index in [4.69, 9.17) is 19.6 Å². The number of hydrogen-bond acceptors (Lipinski definition) is 7. The zero-order chi connectivity index (χ0) is 24.7. The van der Waals surface area contributed by atoms with Crippen molar-refractivity contribution in [1.29, 1.82) is 0 Å². The summed E-state index contributed by atoms with van der Waals surface area (Å²) in [6.07, 6.45) is 7.30. The number of ether oxygens (including phenoxy) is 2. The molecular formula is C27H41NO6. The number of esters is 2. The molecule has 0 spiro atoms. The topological polar surface area (TPSA) is 112 Å². The van der Waals surface area contributed by atoms with Gasteiger partial charge in [-0.25, -0.2) is 0 Å². The summed E-state index contributed by atoms with van der Waals surface area (Å²) in [7, 11) is 0. The fourth-order valence-corrected chi connectivity index (χ4v) is 8.06. The molecule has 1 heterocycles.